The fourth-order valence-electron chi connectivity index (χ4n) is 3.91. The molecule has 0 bridgehead atoms. The second-order valence-corrected chi connectivity index (χ2v) is 11.1. The molecule has 2 aromatic carbocycles. The van der Waals surface area contributed by atoms with Crippen molar-refractivity contribution in [3.8, 4) is 5.75 Å². The summed E-state index contributed by atoms with van der Waals surface area (Å²) in [6.07, 6.45) is 2.04. The first kappa shape index (κ1) is 29.2. The van der Waals surface area contributed by atoms with Crippen molar-refractivity contribution in [1.82, 2.24) is 10.2 Å². The maximum atomic E-state index is 13.5. The van der Waals surface area contributed by atoms with Gasteiger partial charge in [-0.05, 0) is 48.6 Å². The zero-order chi connectivity index (χ0) is 26.7. The quantitative estimate of drug-likeness (QED) is 0.411. The summed E-state index contributed by atoms with van der Waals surface area (Å²) in [5.74, 6) is 0.563. The van der Waals surface area contributed by atoms with Crippen LogP contribution in [-0.2, 0) is 26.2 Å². The summed E-state index contributed by atoms with van der Waals surface area (Å²) in [5, 5.41) is 2.95. The van der Waals surface area contributed by atoms with Crippen molar-refractivity contribution in [3.63, 3.8) is 0 Å². The van der Waals surface area contributed by atoms with Crippen LogP contribution in [0.2, 0.25) is 0 Å². The largest absolute Gasteiger partial charge is 0.497 e. The van der Waals surface area contributed by atoms with E-state index in [2.05, 4.69) is 5.32 Å². The van der Waals surface area contributed by atoms with Gasteiger partial charge in [-0.25, -0.2) is 8.42 Å². The molecule has 198 valence electrons. The molecule has 0 aliphatic rings. The molecule has 1 N–H and O–H groups in total. The number of carbonyl (C=O) groups is 2. The standard InChI is InChI=1S/C27H39N3O5S/c1-6-25(27(32)28-19-21(2)3)29(20-22-12-10-15-24(18-22)35-4)26(31)16-11-17-30(36(5,33)34)23-13-8-7-9-14-23/h7-10,12-15,18,21,25H,6,11,16-17,19-20H2,1-5H3,(H,28,32)/t25-/m1/s1. The molecule has 8 nitrogen and oxygen atoms in total. The Morgan fingerprint density at radius 1 is 1.06 bits per heavy atom. The summed E-state index contributed by atoms with van der Waals surface area (Å²) >= 11 is 0. The van der Waals surface area contributed by atoms with Crippen LogP contribution in [0.4, 0.5) is 5.69 Å². The van der Waals surface area contributed by atoms with Crippen molar-refractivity contribution in [2.45, 2.75) is 52.6 Å². The highest BCUT2D eigenvalue weighted by Gasteiger charge is 2.29. The third-order valence-corrected chi connectivity index (χ3v) is 6.95. The van der Waals surface area contributed by atoms with Crippen molar-refractivity contribution < 1.29 is 22.7 Å². The molecule has 0 aromatic heterocycles. The Labute approximate surface area is 215 Å². The smallest absolute Gasteiger partial charge is 0.242 e. The van der Waals surface area contributed by atoms with E-state index in [0.717, 1.165) is 11.8 Å². The molecule has 1 atom stereocenters. The Morgan fingerprint density at radius 3 is 2.33 bits per heavy atom. The number of amides is 2. The molecule has 0 fully saturated rings. The molecule has 36 heavy (non-hydrogen) atoms. The first-order chi connectivity index (χ1) is 17.1. The van der Waals surface area contributed by atoms with E-state index in [1.165, 1.54) is 4.31 Å². The average molecular weight is 518 g/mol. The third-order valence-electron chi connectivity index (χ3n) is 5.75. The second-order valence-electron chi connectivity index (χ2n) is 9.21. The number of hydrogen-bond acceptors (Lipinski definition) is 5. The van der Waals surface area contributed by atoms with E-state index in [1.807, 2.05) is 51.1 Å². The predicted octanol–water partition coefficient (Wildman–Crippen LogP) is 3.82. The van der Waals surface area contributed by atoms with Gasteiger partial charge in [-0.15, -0.1) is 0 Å². The van der Waals surface area contributed by atoms with Crippen LogP contribution in [0.25, 0.3) is 0 Å². The Kier molecular flexibility index (Phi) is 11.2. The van der Waals surface area contributed by atoms with E-state index < -0.39 is 16.1 Å². The zero-order valence-corrected chi connectivity index (χ0v) is 22.8. The minimum atomic E-state index is -3.51. The molecule has 2 amide bonds. The second kappa shape index (κ2) is 13.9. The molecule has 0 radical (unpaired) electrons. The highest BCUT2D eigenvalue weighted by atomic mass is 32.2. The topological polar surface area (TPSA) is 96.0 Å². The predicted molar refractivity (Wildman–Crippen MR) is 143 cm³/mol. The minimum absolute atomic E-state index is 0.108. The number of ether oxygens (including phenoxy) is 1. The zero-order valence-electron chi connectivity index (χ0n) is 21.9. The molecule has 0 aliphatic heterocycles. The van der Waals surface area contributed by atoms with Gasteiger partial charge in [0, 0.05) is 26.1 Å². The van der Waals surface area contributed by atoms with Gasteiger partial charge in [0.25, 0.3) is 0 Å². The summed E-state index contributed by atoms with van der Waals surface area (Å²) in [6, 6.07) is 15.6. The molecule has 2 rings (SSSR count). The number of para-hydroxylation sites is 1. The van der Waals surface area contributed by atoms with Gasteiger partial charge in [-0.3, -0.25) is 13.9 Å². The van der Waals surface area contributed by atoms with Crippen LogP contribution in [0, 0.1) is 5.92 Å². The van der Waals surface area contributed by atoms with Gasteiger partial charge in [0.05, 0.1) is 19.1 Å². The Balaban J connectivity index is 2.21. The summed E-state index contributed by atoms with van der Waals surface area (Å²) < 4.78 is 31.4. The van der Waals surface area contributed by atoms with Crippen LogP contribution in [0.1, 0.15) is 45.6 Å². The lowest BCUT2D eigenvalue weighted by atomic mass is 10.1. The first-order valence-corrected chi connectivity index (χ1v) is 14.1. The number of methoxy groups -OCH3 is 1. The third kappa shape index (κ3) is 8.86. The van der Waals surface area contributed by atoms with E-state index in [-0.39, 0.29) is 37.2 Å². The van der Waals surface area contributed by atoms with Gasteiger partial charge in [0.15, 0.2) is 0 Å². The van der Waals surface area contributed by atoms with Crippen LogP contribution in [0.3, 0.4) is 0 Å². The lowest BCUT2D eigenvalue weighted by Gasteiger charge is -2.31. The normalized spacial score (nSPS) is 12.2. The number of nitrogens with zero attached hydrogens (tertiary/aromatic N) is 2. The summed E-state index contributed by atoms with van der Waals surface area (Å²) in [6.45, 7) is 6.85. The number of anilines is 1. The number of rotatable bonds is 14. The maximum absolute atomic E-state index is 13.5. The summed E-state index contributed by atoms with van der Waals surface area (Å²) in [5.41, 5.74) is 1.40. The van der Waals surface area contributed by atoms with Crippen LogP contribution in [0.15, 0.2) is 54.6 Å². The van der Waals surface area contributed by atoms with Crippen LogP contribution in [0.5, 0.6) is 5.75 Å². The molecule has 0 spiro atoms. The van der Waals surface area contributed by atoms with E-state index in [1.54, 1.807) is 36.3 Å². The van der Waals surface area contributed by atoms with Crippen LogP contribution >= 0.6 is 0 Å². The van der Waals surface area contributed by atoms with Crippen molar-refractivity contribution in [3.05, 3.63) is 60.2 Å². The molecular weight excluding hydrogens is 478 g/mol. The lowest BCUT2D eigenvalue weighted by molar-refractivity contribution is -0.141. The molecule has 0 unspecified atom stereocenters. The molecule has 0 saturated heterocycles. The molecule has 2 aromatic rings. The average Bonchev–Trinajstić information content (AvgIpc) is 2.84. The van der Waals surface area contributed by atoms with Gasteiger partial charge >= 0.3 is 0 Å². The minimum Gasteiger partial charge on any atom is -0.497 e. The van der Waals surface area contributed by atoms with Gasteiger partial charge in [-0.2, -0.15) is 0 Å². The molecular formula is C27H39N3O5S. The number of benzene rings is 2. The molecule has 0 heterocycles. The Bertz CT molecular complexity index is 1090. The van der Waals surface area contributed by atoms with E-state index >= 15 is 0 Å². The monoisotopic (exact) mass is 517 g/mol. The highest BCUT2D eigenvalue weighted by molar-refractivity contribution is 7.92. The number of hydrogen-bond donors (Lipinski definition) is 1. The van der Waals surface area contributed by atoms with E-state index in [0.29, 0.717) is 30.8 Å². The summed E-state index contributed by atoms with van der Waals surface area (Å²) in [4.78, 5) is 28.1. The van der Waals surface area contributed by atoms with E-state index in [4.69, 9.17) is 4.74 Å². The maximum Gasteiger partial charge on any atom is 0.242 e. The molecule has 9 heteroatoms. The van der Waals surface area contributed by atoms with Crippen LogP contribution in [-0.4, -0.2) is 57.6 Å². The van der Waals surface area contributed by atoms with Crippen molar-refractivity contribution in [2.75, 3.05) is 30.8 Å². The SMILES string of the molecule is CC[C@H](C(=O)NCC(C)C)N(Cc1cccc(OC)c1)C(=O)CCCN(c1ccccc1)S(C)(=O)=O. The van der Waals surface area contributed by atoms with Crippen LogP contribution < -0.4 is 14.4 Å². The first-order valence-electron chi connectivity index (χ1n) is 12.3. The van der Waals surface area contributed by atoms with Gasteiger partial charge in [0.2, 0.25) is 21.8 Å². The van der Waals surface area contributed by atoms with Gasteiger partial charge < -0.3 is 15.0 Å². The lowest BCUT2D eigenvalue weighted by Crippen LogP contribution is -2.49. The molecule has 0 saturated carbocycles. The fraction of sp³-hybridized carbons (Fsp3) is 0.481. The van der Waals surface area contributed by atoms with E-state index in [9.17, 15) is 18.0 Å². The van der Waals surface area contributed by atoms with Gasteiger partial charge in [-0.1, -0.05) is 51.1 Å². The highest BCUT2D eigenvalue weighted by Crippen LogP contribution is 2.20. The van der Waals surface area contributed by atoms with Crippen molar-refractivity contribution in [2.24, 2.45) is 5.92 Å². The number of sulfonamides is 1. The van der Waals surface area contributed by atoms with Gasteiger partial charge in [0.1, 0.15) is 11.8 Å². The number of carbonyl (C=O) groups excluding carboxylic acids is 2. The Morgan fingerprint density at radius 2 is 1.75 bits per heavy atom. The number of nitrogens with one attached hydrogen (secondary N) is 1. The fourth-order valence-corrected chi connectivity index (χ4v) is 4.87. The summed E-state index contributed by atoms with van der Waals surface area (Å²) in [7, 11) is -1.93. The Hall–Kier alpha value is -3.07. The molecule has 0 aliphatic carbocycles. The van der Waals surface area contributed by atoms with Crippen molar-refractivity contribution >= 4 is 27.5 Å². The van der Waals surface area contributed by atoms with Crippen molar-refractivity contribution in [1.29, 1.82) is 0 Å².